The molecule has 0 aliphatic carbocycles. The SMILES string of the molecule is OC(c1cc(Cl)cc(Cl)c1)c1ccc2c(c1)CCO2. The monoisotopic (exact) mass is 294 g/mol. The van der Waals surface area contributed by atoms with Gasteiger partial charge < -0.3 is 9.84 Å². The number of halogens is 2. The van der Waals surface area contributed by atoms with Crippen LogP contribution in [0.25, 0.3) is 0 Å². The van der Waals surface area contributed by atoms with Gasteiger partial charge in [0.1, 0.15) is 11.9 Å². The average molecular weight is 295 g/mol. The lowest BCUT2D eigenvalue weighted by molar-refractivity contribution is 0.220. The normalized spacial score (nSPS) is 14.9. The van der Waals surface area contributed by atoms with Gasteiger partial charge in [0.15, 0.2) is 0 Å². The molecule has 19 heavy (non-hydrogen) atoms. The highest BCUT2D eigenvalue weighted by atomic mass is 35.5. The largest absolute Gasteiger partial charge is 0.493 e. The summed E-state index contributed by atoms with van der Waals surface area (Å²) >= 11 is 11.9. The van der Waals surface area contributed by atoms with E-state index in [9.17, 15) is 5.11 Å². The van der Waals surface area contributed by atoms with Crippen LogP contribution in [0.1, 0.15) is 22.8 Å². The number of rotatable bonds is 2. The van der Waals surface area contributed by atoms with Gasteiger partial charge in [-0.05, 0) is 47.0 Å². The van der Waals surface area contributed by atoms with Crippen molar-refractivity contribution < 1.29 is 9.84 Å². The lowest BCUT2D eigenvalue weighted by Gasteiger charge is -2.13. The van der Waals surface area contributed by atoms with Gasteiger partial charge in [-0.15, -0.1) is 0 Å². The van der Waals surface area contributed by atoms with Crippen LogP contribution in [0.3, 0.4) is 0 Å². The summed E-state index contributed by atoms with van der Waals surface area (Å²) in [7, 11) is 0. The molecule has 0 saturated heterocycles. The first-order valence-corrected chi connectivity index (χ1v) is 6.79. The van der Waals surface area contributed by atoms with Crippen LogP contribution in [0, 0.1) is 0 Å². The van der Waals surface area contributed by atoms with E-state index in [0.717, 1.165) is 23.3 Å². The van der Waals surface area contributed by atoms with E-state index in [1.165, 1.54) is 0 Å². The summed E-state index contributed by atoms with van der Waals surface area (Å²) in [6, 6.07) is 10.8. The van der Waals surface area contributed by atoms with E-state index in [1.807, 2.05) is 18.2 Å². The molecule has 1 unspecified atom stereocenters. The Balaban J connectivity index is 1.97. The third-order valence-corrected chi connectivity index (χ3v) is 3.67. The molecule has 2 aromatic rings. The van der Waals surface area contributed by atoms with Crippen molar-refractivity contribution in [3.8, 4) is 5.75 Å². The second-order valence-electron chi connectivity index (χ2n) is 4.57. The van der Waals surface area contributed by atoms with Crippen molar-refractivity contribution in [1.29, 1.82) is 0 Å². The van der Waals surface area contributed by atoms with Crippen LogP contribution < -0.4 is 4.74 Å². The van der Waals surface area contributed by atoms with Crippen molar-refractivity contribution in [1.82, 2.24) is 0 Å². The Labute approximate surface area is 121 Å². The summed E-state index contributed by atoms with van der Waals surface area (Å²) in [5, 5.41) is 11.5. The first-order valence-electron chi connectivity index (χ1n) is 6.03. The molecule has 2 nitrogen and oxygen atoms in total. The van der Waals surface area contributed by atoms with Crippen molar-refractivity contribution in [2.45, 2.75) is 12.5 Å². The van der Waals surface area contributed by atoms with Gasteiger partial charge >= 0.3 is 0 Å². The van der Waals surface area contributed by atoms with Crippen LogP contribution in [0.5, 0.6) is 5.75 Å². The molecule has 3 rings (SSSR count). The van der Waals surface area contributed by atoms with Crippen LogP contribution >= 0.6 is 23.2 Å². The van der Waals surface area contributed by atoms with Crippen LogP contribution in [-0.2, 0) is 6.42 Å². The van der Waals surface area contributed by atoms with Gasteiger partial charge in [-0.25, -0.2) is 0 Å². The minimum absolute atomic E-state index is 0.519. The number of hydrogen-bond donors (Lipinski definition) is 1. The van der Waals surface area contributed by atoms with E-state index < -0.39 is 6.10 Å². The van der Waals surface area contributed by atoms with Gasteiger partial charge in [0.05, 0.1) is 6.61 Å². The lowest BCUT2D eigenvalue weighted by atomic mass is 9.99. The molecule has 0 spiro atoms. The molecule has 98 valence electrons. The van der Waals surface area contributed by atoms with Crippen LogP contribution in [0.15, 0.2) is 36.4 Å². The number of aliphatic hydroxyl groups is 1. The quantitative estimate of drug-likeness (QED) is 0.907. The number of aliphatic hydroxyl groups excluding tert-OH is 1. The topological polar surface area (TPSA) is 29.5 Å². The highest BCUT2D eigenvalue weighted by Crippen LogP contribution is 2.32. The fourth-order valence-electron chi connectivity index (χ4n) is 2.30. The van der Waals surface area contributed by atoms with Crippen molar-refractivity contribution in [3.63, 3.8) is 0 Å². The van der Waals surface area contributed by atoms with Crippen LogP contribution in [-0.4, -0.2) is 11.7 Å². The minimum atomic E-state index is -0.734. The molecule has 4 heteroatoms. The number of fused-ring (bicyclic) bond motifs is 1. The zero-order valence-corrected chi connectivity index (χ0v) is 11.6. The fourth-order valence-corrected chi connectivity index (χ4v) is 2.84. The molecule has 0 radical (unpaired) electrons. The molecule has 1 N–H and O–H groups in total. The van der Waals surface area contributed by atoms with Gasteiger partial charge in [0.2, 0.25) is 0 Å². The first-order chi connectivity index (χ1) is 9.13. The Morgan fingerprint density at radius 1 is 1.00 bits per heavy atom. The molecule has 0 amide bonds. The Morgan fingerprint density at radius 2 is 1.74 bits per heavy atom. The number of ether oxygens (including phenoxy) is 1. The molecule has 1 aliphatic heterocycles. The van der Waals surface area contributed by atoms with Crippen molar-refractivity contribution in [3.05, 3.63) is 63.1 Å². The second kappa shape index (κ2) is 5.04. The Bertz CT molecular complexity index is 605. The molecule has 0 aromatic heterocycles. The summed E-state index contributed by atoms with van der Waals surface area (Å²) < 4.78 is 5.45. The molecule has 1 aliphatic rings. The second-order valence-corrected chi connectivity index (χ2v) is 5.44. The smallest absolute Gasteiger partial charge is 0.122 e. The molecular formula is C15H12Cl2O2. The summed E-state index contributed by atoms with van der Waals surface area (Å²) in [6.07, 6.45) is 0.147. The Hall–Kier alpha value is -1.22. The zero-order chi connectivity index (χ0) is 13.4. The summed E-state index contributed by atoms with van der Waals surface area (Å²) in [5.74, 6) is 0.903. The van der Waals surface area contributed by atoms with E-state index in [-0.39, 0.29) is 0 Å². The van der Waals surface area contributed by atoms with Gasteiger partial charge in [-0.3, -0.25) is 0 Å². The Kier molecular flexibility index (Phi) is 3.40. The highest BCUT2D eigenvalue weighted by molar-refractivity contribution is 6.34. The maximum atomic E-state index is 10.4. The van der Waals surface area contributed by atoms with Crippen LogP contribution in [0.4, 0.5) is 0 Å². The molecule has 0 saturated carbocycles. The standard InChI is InChI=1S/C15H12Cl2O2/c16-12-6-11(7-13(17)8-12)15(18)10-1-2-14-9(5-10)3-4-19-14/h1-2,5-8,15,18H,3-4H2. The average Bonchev–Trinajstić information content (AvgIpc) is 2.83. The maximum Gasteiger partial charge on any atom is 0.122 e. The van der Waals surface area contributed by atoms with Gasteiger partial charge in [-0.2, -0.15) is 0 Å². The number of hydrogen-bond acceptors (Lipinski definition) is 2. The zero-order valence-electron chi connectivity index (χ0n) is 10.1. The molecule has 2 aromatic carbocycles. The van der Waals surface area contributed by atoms with E-state index in [1.54, 1.807) is 18.2 Å². The molecule has 1 heterocycles. The molecule has 1 atom stereocenters. The minimum Gasteiger partial charge on any atom is -0.493 e. The third kappa shape index (κ3) is 2.57. The van der Waals surface area contributed by atoms with Gasteiger partial charge in [0.25, 0.3) is 0 Å². The van der Waals surface area contributed by atoms with Crippen molar-refractivity contribution >= 4 is 23.2 Å². The van der Waals surface area contributed by atoms with Crippen molar-refractivity contribution in [2.75, 3.05) is 6.61 Å². The first kappa shape index (κ1) is 12.8. The van der Waals surface area contributed by atoms with E-state index in [2.05, 4.69) is 0 Å². The molecule has 0 bridgehead atoms. The fraction of sp³-hybridized carbons (Fsp3) is 0.200. The predicted octanol–water partition coefficient (Wildman–Crippen LogP) is 4.01. The van der Waals surface area contributed by atoms with E-state index >= 15 is 0 Å². The third-order valence-electron chi connectivity index (χ3n) is 3.23. The van der Waals surface area contributed by atoms with Crippen LogP contribution in [0.2, 0.25) is 10.0 Å². The lowest BCUT2D eigenvalue weighted by Crippen LogP contribution is -2.00. The predicted molar refractivity (Wildman–Crippen MR) is 76.2 cm³/mol. The van der Waals surface area contributed by atoms with Gasteiger partial charge in [-0.1, -0.05) is 29.3 Å². The van der Waals surface area contributed by atoms with E-state index in [4.69, 9.17) is 27.9 Å². The van der Waals surface area contributed by atoms with Gasteiger partial charge in [0, 0.05) is 16.5 Å². The number of benzene rings is 2. The maximum absolute atomic E-state index is 10.4. The summed E-state index contributed by atoms with van der Waals surface area (Å²) in [6.45, 7) is 0.706. The molecular weight excluding hydrogens is 283 g/mol. The molecule has 0 fully saturated rings. The van der Waals surface area contributed by atoms with Crippen molar-refractivity contribution in [2.24, 2.45) is 0 Å². The van der Waals surface area contributed by atoms with E-state index in [0.29, 0.717) is 22.2 Å². The summed E-state index contributed by atoms with van der Waals surface area (Å²) in [5.41, 5.74) is 2.64. The summed E-state index contributed by atoms with van der Waals surface area (Å²) in [4.78, 5) is 0. The highest BCUT2D eigenvalue weighted by Gasteiger charge is 2.17. The Morgan fingerprint density at radius 3 is 2.47 bits per heavy atom.